The number of hydrogen-bond acceptors (Lipinski definition) is 6. The van der Waals surface area contributed by atoms with Gasteiger partial charge in [0.05, 0.1) is 22.5 Å². The minimum atomic E-state index is -0.298. The number of likely N-dealkylation sites (N-methyl/N-ethyl adjacent to an activating group) is 1. The fourth-order valence-corrected chi connectivity index (χ4v) is 4.64. The summed E-state index contributed by atoms with van der Waals surface area (Å²) in [5.41, 5.74) is 10.9. The number of aromatic nitrogens is 1. The van der Waals surface area contributed by atoms with Crippen LogP contribution in [0.4, 0.5) is 17.1 Å². The minimum absolute atomic E-state index is 0.144. The maximum absolute atomic E-state index is 12.4. The smallest absolute Gasteiger partial charge is 0.230 e. The Balaban J connectivity index is 1.63. The van der Waals surface area contributed by atoms with Crippen molar-refractivity contribution in [3.05, 3.63) is 83.9 Å². The van der Waals surface area contributed by atoms with Crippen LogP contribution in [0.2, 0.25) is 0 Å². The summed E-state index contributed by atoms with van der Waals surface area (Å²) in [7, 11) is 2.15. The van der Waals surface area contributed by atoms with Crippen molar-refractivity contribution in [1.29, 1.82) is 0 Å². The second-order valence-electron chi connectivity index (χ2n) is 8.96. The van der Waals surface area contributed by atoms with Gasteiger partial charge in [-0.25, -0.2) is 4.99 Å². The third kappa shape index (κ3) is 4.38. The summed E-state index contributed by atoms with van der Waals surface area (Å²) in [5.74, 6) is -0.442. The number of anilines is 2. The van der Waals surface area contributed by atoms with E-state index in [1.165, 1.54) is 17.2 Å². The van der Waals surface area contributed by atoms with Crippen LogP contribution in [0.15, 0.2) is 77.8 Å². The molecule has 3 aromatic carbocycles. The molecule has 1 aromatic heterocycles. The molecular weight excluding hydrogens is 438 g/mol. The van der Waals surface area contributed by atoms with Gasteiger partial charge in [0, 0.05) is 55.4 Å². The van der Waals surface area contributed by atoms with Crippen LogP contribution >= 0.6 is 0 Å². The topological polar surface area (TPSA) is 87.1 Å². The Morgan fingerprint density at radius 2 is 1.63 bits per heavy atom. The number of carbonyl (C=O) groups excluding carboxylic acids is 1. The van der Waals surface area contributed by atoms with Crippen LogP contribution in [0.25, 0.3) is 10.9 Å². The Hall–Kier alpha value is -4.10. The van der Waals surface area contributed by atoms with E-state index in [0.717, 1.165) is 37.4 Å². The number of nitrogens with zero attached hydrogens (tertiary/aromatic N) is 4. The molecule has 0 amide bonds. The highest BCUT2D eigenvalue weighted by atomic mass is 16.3. The molecule has 1 saturated heterocycles. The Morgan fingerprint density at radius 3 is 2.29 bits per heavy atom. The maximum atomic E-state index is 12.4. The zero-order chi connectivity index (χ0) is 24.5. The van der Waals surface area contributed by atoms with Crippen LogP contribution in [-0.2, 0) is 0 Å². The molecule has 2 heterocycles. The molecule has 3 N–H and O–H groups in total. The summed E-state index contributed by atoms with van der Waals surface area (Å²) in [5, 5.41) is 11.9. The van der Waals surface area contributed by atoms with Crippen molar-refractivity contribution in [1.82, 2.24) is 9.47 Å². The van der Waals surface area contributed by atoms with Crippen LogP contribution in [0.1, 0.15) is 22.8 Å². The number of rotatable bonds is 4. The van der Waals surface area contributed by atoms with Crippen LogP contribution in [0.5, 0.6) is 5.88 Å². The first kappa shape index (κ1) is 22.7. The molecule has 4 aromatic rings. The van der Waals surface area contributed by atoms with Crippen molar-refractivity contribution in [3.8, 4) is 5.88 Å². The van der Waals surface area contributed by atoms with E-state index >= 15 is 0 Å². The second-order valence-corrected chi connectivity index (χ2v) is 8.96. The fraction of sp³-hybridized carbons (Fsp3) is 0.214. The Labute approximate surface area is 204 Å². The third-order valence-corrected chi connectivity index (χ3v) is 6.53. The van der Waals surface area contributed by atoms with Crippen molar-refractivity contribution >= 4 is 39.6 Å². The molecular formula is C28H29N5O2. The number of aromatic hydroxyl groups is 1. The number of piperazine rings is 1. The van der Waals surface area contributed by atoms with Crippen LogP contribution in [-0.4, -0.2) is 59.4 Å². The molecule has 0 aliphatic carbocycles. The van der Waals surface area contributed by atoms with Gasteiger partial charge >= 0.3 is 0 Å². The molecule has 178 valence electrons. The van der Waals surface area contributed by atoms with Gasteiger partial charge in [-0.2, -0.15) is 0 Å². The Kier molecular flexibility index (Phi) is 6.01. The van der Waals surface area contributed by atoms with Crippen molar-refractivity contribution in [2.24, 2.45) is 4.99 Å². The van der Waals surface area contributed by atoms with E-state index in [0.29, 0.717) is 27.9 Å². The molecule has 7 nitrogen and oxygen atoms in total. The summed E-state index contributed by atoms with van der Waals surface area (Å²) in [6, 6.07) is 23.2. The standard InChI is InChI=1S/C28H29N5O2/c1-19(34)33-25-18-21(29)8-13-24(25)26(28(33)35)27(20-6-4-3-5-7-20)30-22-9-11-23(12-10-22)32-16-14-31(2)15-17-32/h3-13,18,35H,14-17,29H2,1-2H3. The van der Waals surface area contributed by atoms with E-state index in [2.05, 4.69) is 29.0 Å². The van der Waals surface area contributed by atoms with Gasteiger partial charge in [0.15, 0.2) is 0 Å². The van der Waals surface area contributed by atoms with Crippen molar-refractivity contribution in [2.45, 2.75) is 6.92 Å². The van der Waals surface area contributed by atoms with Crippen molar-refractivity contribution in [3.63, 3.8) is 0 Å². The largest absolute Gasteiger partial charge is 0.494 e. The highest BCUT2D eigenvalue weighted by molar-refractivity contribution is 6.23. The molecule has 0 saturated carbocycles. The molecule has 5 rings (SSSR count). The van der Waals surface area contributed by atoms with Crippen molar-refractivity contribution in [2.75, 3.05) is 43.9 Å². The van der Waals surface area contributed by atoms with Gasteiger partial charge in [-0.3, -0.25) is 9.36 Å². The Morgan fingerprint density at radius 1 is 0.943 bits per heavy atom. The van der Waals surface area contributed by atoms with Crippen LogP contribution in [0, 0.1) is 0 Å². The summed E-state index contributed by atoms with van der Waals surface area (Å²) in [6.45, 7) is 5.50. The van der Waals surface area contributed by atoms with E-state index < -0.39 is 0 Å². The average Bonchev–Trinajstić information content (AvgIpc) is 3.15. The van der Waals surface area contributed by atoms with Gasteiger partial charge in [0.25, 0.3) is 0 Å². The predicted octanol–water partition coefficient (Wildman–Crippen LogP) is 4.51. The second kappa shape index (κ2) is 9.27. The van der Waals surface area contributed by atoms with Gasteiger partial charge in [0.1, 0.15) is 0 Å². The predicted molar refractivity (Wildman–Crippen MR) is 142 cm³/mol. The highest BCUT2D eigenvalue weighted by Gasteiger charge is 2.24. The van der Waals surface area contributed by atoms with E-state index in [1.807, 2.05) is 48.5 Å². The quantitative estimate of drug-likeness (QED) is 0.341. The van der Waals surface area contributed by atoms with Crippen LogP contribution in [0.3, 0.4) is 0 Å². The van der Waals surface area contributed by atoms with Gasteiger partial charge in [0.2, 0.25) is 11.8 Å². The molecule has 0 bridgehead atoms. The SMILES string of the molecule is CC(=O)n1c(O)c(C(=Nc2ccc(N3CCN(C)CC3)cc2)c2ccccc2)c2ccc(N)cc21. The molecule has 0 radical (unpaired) electrons. The molecule has 1 aliphatic rings. The molecule has 0 atom stereocenters. The first-order chi connectivity index (χ1) is 16.9. The van der Waals surface area contributed by atoms with Gasteiger partial charge in [-0.1, -0.05) is 30.3 Å². The zero-order valence-corrected chi connectivity index (χ0v) is 20.0. The number of aliphatic imine (C=N–C) groups is 1. The number of fused-ring (bicyclic) bond motifs is 1. The molecule has 1 aliphatic heterocycles. The molecule has 35 heavy (non-hydrogen) atoms. The normalized spacial score (nSPS) is 15.0. The summed E-state index contributed by atoms with van der Waals surface area (Å²) >= 11 is 0. The number of nitrogen functional groups attached to an aromatic ring is 1. The molecule has 0 spiro atoms. The van der Waals surface area contributed by atoms with Gasteiger partial charge in [-0.15, -0.1) is 0 Å². The average molecular weight is 468 g/mol. The van der Waals surface area contributed by atoms with E-state index in [-0.39, 0.29) is 11.8 Å². The highest BCUT2D eigenvalue weighted by Crippen LogP contribution is 2.36. The third-order valence-electron chi connectivity index (χ3n) is 6.53. The molecule has 0 unspecified atom stereocenters. The van der Waals surface area contributed by atoms with Crippen molar-refractivity contribution < 1.29 is 9.90 Å². The van der Waals surface area contributed by atoms with Gasteiger partial charge in [-0.05, 0) is 49.5 Å². The monoisotopic (exact) mass is 467 g/mol. The van der Waals surface area contributed by atoms with E-state index in [4.69, 9.17) is 10.7 Å². The lowest BCUT2D eigenvalue weighted by Crippen LogP contribution is -2.44. The van der Waals surface area contributed by atoms with E-state index in [1.54, 1.807) is 12.1 Å². The lowest BCUT2D eigenvalue weighted by atomic mass is 10.0. The van der Waals surface area contributed by atoms with Crippen LogP contribution < -0.4 is 10.6 Å². The first-order valence-corrected chi connectivity index (χ1v) is 11.7. The fourth-order valence-electron chi connectivity index (χ4n) is 4.64. The number of benzene rings is 3. The lowest BCUT2D eigenvalue weighted by molar-refractivity contribution is 0.0933. The summed E-state index contributed by atoms with van der Waals surface area (Å²) in [4.78, 5) is 22.1. The summed E-state index contributed by atoms with van der Waals surface area (Å²) in [6.07, 6.45) is 0. The molecule has 7 heteroatoms. The maximum Gasteiger partial charge on any atom is 0.230 e. The number of nitrogens with two attached hydrogens (primary N) is 1. The molecule has 1 fully saturated rings. The number of hydrogen-bond donors (Lipinski definition) is 2. The zero-order valence-electron chi connectivity index (χ0n) is 20.0. The van der Waals surface area contributed by atoms with Gasteiger partial charge < -0.3 is 20.6 Å². The number of carbonyl (C=O) groups is 1. The first-order valence-electron chi connectivity index (χ1n) is 11.7. The minimum Gasteiger partial charge on any atom is -0.494 e. The Bertz CT molecular complexity index is 1400. The lowest BCUT2D eigenvalue weighted by Gasteiger charge is -2.34. The summed E-state index contributed by atoms with van der Waals surface area (Å²) < 4.78 is 1.29. The van der Waals surface area contributed by atoms with E-state index in [9.17, 15) is 9.90 Å².